The minimum atomic E-state index is -3.96. The molecule has 0 unspecified atom stereocenters. The highest BCUT2D eigenvalue weighted by molar-refractivity contribution is 7.87. The Morgan fingerprint density at radius 3 is 2.47 bits per heavy atom. The molecule has 8 nitrogen and oxygen atoms in total. The highest BCUT2D eigenvalue weighted by Crippen LogP contribution is 2.69. The van der Waals surface area contributed by atoms with Crippen LogP contribution in [0.3, 0.4) is 0 Å². The molecule has 6 rings (SSSR count). The van der Waals surface area contributed by atoms with Gasteiger partial charge in [-0.3, -0.25) is 9.59 Å². The van der Waals surface area contributed by atoms with E-state index in [2.05, 4.69) is 21.4 Å². The Morgan fingerprint density at radius 2 is 1.79 bits per heavy atom. The van der Waals surface area contributed by atoms with Crippen molar-refractivity contribution in [2.45, 2.75) is 57.4 Å². The van der Waals surface area contributed by atoms with Crippen LogP contribution in [-0.2, 0) is 21.5 Å². The molecule has 200 valence electrons. The van der Waals surface area contributed by atoms with E-state index < -0.39 is 27.5 Å². The van der Waals surface area contributed by atoms with Gasteiger partial charge in [0.25, 0.3) is 5.91 Å². The molecule has 9 heteroatoms. The van der Waals surface area contributed by atoms with Crippen LogP contribution >= 0.6 is 0 Å². The molecule has 1 amide bonds. The number of carbonyl (C=O) groups excluding carboxylic acids is 1. The molecule has 38 heavy (non-hydrogen) atoms. The van der Waals surface area contributed by atoms with E-state index in [-0.39, 0.29) is 17.4 Å². The molecular formula is C29H33N3O5S. The van der Waals surface area contributed by atoms with E-state index in [4.69, 9.17) is 0 Å². The molecular weight excluding hydrogens is 502 g/mol. The number of aliphatic carboxylic acids is 1. The number of hydrogen-bond acceptors (Lipinski definition) is 4. The number of hydrogen-bond donors (Lipinski definition) is 2. The minimum Gasteiger partial charge on any atom is -0.481 e. The summed E-state index contributed by atoms with van der Waals surface area (Å²) in [7, 11) is -1.24. The van der Waals surface area contributed by atoms with Crippen molar-refractivity contribution in [1.29, 1.82) is 0 Å². The molecule has 2 aromatic carbocycles. The Bertz CT molecular complexity index is 1580. The van der Waals surface area contributed by atoms with Gasteiger partial charge in [0.1, 0.15) is 0 Å². The third kappa shape index (κ3) is 3.55. The molecule has 0 radical (unpaired) electrons. The van der Waals surface area contributed by atoms with Gasteiger partial charge in [-0.15, -0.1) is 0 Å². The summed E-state index contributed by atoms with van der Waals surface area (Å²) in [6.45, 7) is 2.32. The highest BCUT2D eigenvalue weighted by atomic mass is 32.2. The molecule has 2 fully saturated rings. The first-order valence-corrected chi connectivity index (χ1v) is 14.8. The van der Waals surface area contributed by atoms with Crippen LogP contribution in [0.15, 0.2) is 42.5 Å². The normalized spacial score (nSPS) is 24.8. The summed E-state index contributed by atoms with van der Waals surface area (Å²) in [5.74, 6) is -1.28. The predicted octanol–water partition coefficient (Wildman–Crippen LogP) is 4.71. The lowest BCUT2D eigenvalue weighted by atomic mass is 9.81. The van der Waals surface area contributed by atoms with Gasteiger partial charge in [-0.2, -0.15) is 12.7 Å². The van der Waals surface area contributed by atoms with E-state index in [1.165, 1.54) is 26.1 Å². The molecule has 0 spiro atoms. The van der Waals surface area contributed by atoms with Crippen molar-refractivity contribution >= 4 is 33.0 Å². The van der Waals surface area contributed by atoms with Gasteiger partial charge in [0.2, 0.25) is 0 Å². The quantitative estimate of drug-likeness (QED) is 0.492. The number of carboxylic acids is 1. The summed E-state index contributed by atoms with van der Waals surface area (Å²) in [6, 6.07) is 13.5. The van der Waals surface area contributed by atoms with Crippen LogP contribution in [0.25, 0.3) is 22.2 Å². The van der Waals surface area contributed by atoms with Crippen LogP contribution in [0.4, 0.5) is 0 Å². The van der Waals surface area contributed by atoms with Gasteiger partial charge in [0, 0.05) is 48.6 Å². The van der Waals surface area contributed by atoms with Crippen LogP contribution in [0, 0.1) is 11.3 Å². The fraction of sp³-hybridized carbons (Fsp3) is 0.448. The SMILES string of the molecule is C[C@H]1[C@H]2c3ccccc3-c3c(C4CCCCC4)c4ccc(C(=O)NS(=O)(=O)N(C)C)cc4n3C[C@]21C(=O)O. The second-order valence-corrected chi connectivity index (χ2v) is 13.2. The van der Waals surface area contributed by atoms with Crippen molar-refractivity contribution in [3.63, 3.8) is 0 Å². The predicted molar refractivity (Wildman–Crippen MR) is 145 cm³/mol. The first kappa shape index (κ1) is 25.1. The van der Waals surface area contributed by atoms with E-state index in [1.807, 2.05) is 25.1 Å². The second kappa shape index (κ2) is 8.68. The number of rotatable bonds is 5. The van der Waals surface area contributed by atoms with Crippen LogP contribution in [-0.4, -0.2) is 48.4 Å². The van der Waals surface area contributed by atoms with Crippen molar-refractivity contribution in [2.24, 2.45) is 11.3 Å². The van der Waals surface area contributed by atoms with Crippen LogP contribution in [0.5, 0.6) is 0 Å². The number of nitrogens with zero attached hydrogens (tertiary/aromatic N) is 2. The number of amides is 1. The molecule has 0 bridgehead atoms. The van der Waals surface area contributed by atoms with E-state index in [0.29, 0.717) is 12.5 Å². The van der Waals surface area contributed by atoms with Crippen molar-refractivity contribution in [3.05, 3.63) is 59.2 Å². The highest BCUT2D eigenvalue weighted by Gasteiger charge is 2.69. The Balaban J connectivity index is 1.61. The van der Waals surface area contributed by atoms with Crippen LogP contribution < -0.4 is 4.72 Å². The minimum absolute atomic E-state index is 0.0263. The number of aromatic nitrogens is 1. The lowest BCUT2D eigenvalue weighted by Gasteiger charge is -2.24. The van der Waals surface area contributed by atoms with Gasteiger partial charge < -0.3 is 9.67 Å². The Hall–Kier alpha value is -3.17. The summed E-state index contributed by atoms with van der Waals surface area (Å²) < 4.78 is 29.9. The molecule has 0 saturated heterocycles. The van der Waals surface area contributed by atoms with Crippen LogP contribution in [0.1, 0.15) is 72.3 Å². The summed E-state index contributed by atoms with van der Waals surface area (Å²) in [6.07, 6.45) is 5.66. The standard InChI is InChI=1S/C29H33N3O5S/c1-17-25-20-11-7-8-12-21(20)26-24(18-9-5-4-6-10-18)22-14-13-19(27(33)30-38(36,37)31(2)3)15-23(22)32(26)16-29(17,25)28(34)35/h7-8,11-15,17-18,25H,4-6,9-10,16H2,1-3H3,(H,30,33)(H,34,35)/t17-,25-,29+/m0/s1. The summed E-state index contributed by atoms with van der Waals surface area (Å²) in [4.78, 5) is 25.8. The zero-order chi connectivity index (χ0) is 27.0. The van der Waals surface area contributed by atoms with Crippen molar-refractivity contribution in [3.8, 4) is 11.3 Å². The third-order valence-electron chi connectivity index (χ3n) is 9.21. The van der Waals surface area contributed by atoms with Gasteiger partial charge in [-0.1, -0.05) is 56.5 Å². The first-order chi connectivity index (χ1) is 18.1. The number of carboxylic acid groups (broad SMARTS) is 1. The number of benzene rings is 2. The van der Waals surface area contributed by atoms with Gasteiger partial charge in [0.05, 0.1) is 11.1 Å². The number of nitrogens with one attached hydrogen (secondary N) is 1. The molecule has 2 heterocycles. The Labute approximate surface area is 222 Å². The number of carbonyl (C=O) groups is 2. The lowest BCUT2D eigenvalue weighted by Crippen LogP contribution is -2.39. The van der Waals surface area contributed by atoms with Crippen molar-refractivity contribution < 1.29 is 23.1 Å². The molecule has 2 aliphatic carbocycles. The fourth-order valence-electron chi connectivity index (χ4n) is 7.10. The summed E-state index contributed by atoms with van der Waals surface area (Å²) >= 11 is 0. The maximum Gasteiger partial charge on any atom is 0.312 e. The fourth-order valence-corrected chi connectivity index (χ4v) is 7.64. The van der Waals surface area contributed by atoms with Crippen molar-refractivity contribution in [2.75, 3.05) is 14.1 Å². The molecule has 3 atom stereocenters. The topological polar surface area (TPSA) is 109 Å². The zero-order valence-corrected chi connectivity index (χ0v) is 22.7. The van der Waals surface area contributed by atoms with E-state index in [0.717, 1.165) is 57.7 Å². The monoisotopic (exact) mass is 535 g/mol. The summed E-state index contributed by atoms with van der Waals surface area (Å²) in [5.41, 5.74) is 4.52. The van der Waals surface area contributed by atoms with Crippen molar-refractivity contribution in [1.82, 2.24) is 13.6 Å². The molecule has 2 N–H and O–H groups in total. The van der Waals surface area contributed by atoms with Gasteiger partial charge in [-0.05, 0) is 47.9 Å². The maximum atomic E-state index is 13.0. The second-order valence-electron chi connectivity index (χ2n) is 11.3. The largest absolute Gasteiger partial charge is 0.481 e. The van der Waals surface area contributed by atoms with E-state index in [9.17, 15) is 23.1 Å². The Morgan fingerprint density at radius 1 is 1.08 bits per heavy atom. The average molecular weight is 536 g/mol. The number of fused-ring (bicyclic) bond motifs is 7. The Kier molecular flexibility index (Phi) is 5.74. The zero-order valence-electron chi connectivity index (χ0n) is 21.9. The molecule has 1 aromatic heterocycles. The molecule has 3 aliphatic rings. The maximum absolute atomic E-state index is 13.0. The van der Waals surface area contributed by atoms with Gasteiger partial charge in [-0.25, -0.2) is 4.72 Å². The first-order valence-electron chi connectivity index (χ1n) is 13.3. The van der Waals surface area contributed by atoms with Gasteiger partial charge >= 0.3 is 16.2 Å². The van der Waals surface area contributed by atoms with E-state index >= 15 is 0 Å². The van der Waals surface area contributed by atoms with Crippen LogP contribution in [0.2, 0.25) is 0 Å². The molecule has 1 aliphatic heterocycles. The summed E-state index contributed by atoms with van der Waals surface area (Å²) in [5, 5.41) is 11.5. The smallest absolute Gasteiger partial charge is 0.312 e. The lowest BCUT2D eigenvalue weighted by molar-refractivity contribution is -0.144. The van der Waals surface area contributed by atoms with Gasteiger partial charge in [0.15, 0.2) is 0 Å². The molecule has 3 aromatic rings. The average Bonchev–Trinajstić information content (AvgIpc) is 3.41. The van der Waals surface area contributed by atoms with E-state index in [1.54, 1.807) is 12.1 Å². The molecule has 2 saturated carbocycles. The third-order valence-corrected chi connectivity index (χ3v) is 10.6.